The zero-order valence-electron chi connectivity index (χ0n) is 25.6. The van der Waals surface area contributed by atoms with Crippen molar-refractivity contribution in [3.05, 3.63) is 50.5 Å². The van der Waals surface area contributed by atoms with Gasteiger partial charge in [-0.25, -0.2) is 14.6 Å². The molecule has 0 unspecified atom stereocenters. The van der Waals surface area contributed by atoms with E-state index in [1.807, 2.05) is 32.9 Å². The Morgan fingerprint density at radius 3 is 2.24 bits per heavy atom. The molecular weight excluding hydrogens is 641 g/mol. The number of isothiocyanates is 1. The van der Waals surface area contributed by atoms with Gasteiger partial charge in [0.1, 0.15) is 11.6 Å². The molecule has 0 aliphatic heterocycles. The molecule has 0 radical (unpaired) electrons. The maximum Gasteiger partial charge on any atom is 0.442 e. The number of nitrogens with one attached hydrogen (secondary N) is 6. The lowest BCUT2D eigenvalue weighted by molar-refractivity contribution is -0.119. The Kier molecular flexibility index (Phi) is 18.1. The number of H-pyrrole nitrogens is 4. The molecule has 16 nitrogen and oxygen atoms in total. The van der Waals surface area contributed by atoms with Crippen molar-refractivity contribution in [2.75, 3.05) is 17.7 Å². The van der Waals surface area contributed by atoms with Crippen LogP contribution in [0.1, 0.15) is 64.2 Å². The van der Waals surface area contributed by atoms with E-state index in [4.69, 9.17) is 30.2 Å². The summed E-state index contributed by atoms with van der Waals surface area (Å²) in [6.45, 7) is 10.0. The molecule has 0 aliphatic carbocycles. The number of thiocarbonyl (C=S) groups is 2. The number of nitrogen functional groups attached to an aromatic ring is 1. The van der Waals surface area contributed by atoms with Gasteiger partial charge in [-0.05, 0) is 69.3 Å². The van der Waals surface area contributed by atoms with Crippen molar-refractivity contribution in [2.24, 2.45) is 4.99 Å². The Hall–Kier alpha value is -4.58. The zero-order chi connectivity index (χ0) is 33.8. The standard InChI is InChI=1S/C10H16N4OS.C7H8N4OS.C5H9N3.C4H5NO2S/c1-3-5-8(15)12-10(16)13-9-7(4-2)6-11-14-9;1-2-4-3-8-11-5(4)9-6(13)10-7(11)12;1-2-4-3-7-8-5(4)6;1-2-7-4(6)5-3-8/h6H,3-5H2,1-2H3,(H3,11,12,13,14,15,16);3,8H,2H2,1H3,(H,10,12,13);3H,2H2,1H3,(H3,6,7,8);2H2,1H3. The number of ether oxygens (including phenoxy) is 1. The van der Waals surface area contributed by atoms with Crippen LogP contribution in [0.15, 0.2) is 28.4 Å². The number of nitrogens with zero attached hydrogens (tertiary/aromatic N) is 5. The monoisotopic (exact) mass is 678 g/mol. The van der Waals surface area contributed by atoms with Crippen molar-refractivity contribution in [2.45, 2.75) is 66.7 Å². The highest BCUT2D eigenvalue weighted by molar-refractivity contribution is 7.80. The Labute approximate surface area is 275 Å². The number of amides is 2. The van der Waals surface area contributed by atoms with Crippen LogP contribution >= 0.6 is 36.7 Å². The fraction of sp³-hybridized carbons (Fsp3) is 0.423. The van der Waals surface area contributed by atoms with Gasteiger partial charge in [-0.1, -0.05) is 27.7 Å². The summed E-state index contributed by atoms with van der Waals surface area (Å²) in [4.78, 5) is 42.2. The smallest absolute Gasteiger partial charge is 0.442 e. The third-order valence-corrected chi connectivity index (χ3v) is 5.97. The molecule has 4 aromatic rings. The third kappa shape index (κ3) is 13.7. The normalized spacial score (nSPS) is 9.62. The van der Waals surface area contributed by atoms with Gasteiger partial charge in [0, 0.05) is 29.3 Å². The zero-order valence-corrected chi connectivity index (χ0v) is 28.1. The summed E-state index contributed by atoms with van der Waals surface area (Å²) in [6.07, 6.45) is 8.46. The van der Waals surface area contributed by atoms with E-state index < -0.39 is 6.09 Å². The minimum absolute atomic E-state index is 0.0717. The van der Waals surface area contributed by atoms with Gasteiger partial charge in [0.2, 0.25) is 10.7 Å². The Balaban J connectivity index is 0.000000314. The number of carbonyl (C=O) groups is 2. The number of rotatable bonds is 7. The number of aliphatic imine (C=N–C) groups is 1. The second-order valence-corrected chi connectivity index (χ2v) is 9.58. The highest BCUT2D eigenvalue weighted by atomic mass is 32.1. The van der Waals surface area contributed by atoms with Crippen molar-refractivity contribution in [3.8, 4) is 0 Å². The number of aryl methyl sites for hydroxylation is 3. The summed E-state index contributed by atoms with van der Waals surface area (Å²) in [7, 11) is 0. The van der Waals surface area contributed by atoms with Gasteiger partial charge in [0.15, 0.2) is 10.8 Å². The number of carbonyl (C=O) groups excluding carboxylic acids is 2. The quantitative estimate of drug-likeness (QED) is 0.109. The number of nitrogens with two attached hydrogens (primary N) is 1. The van der Waals surface area contributed by atoms with Gasteiger partial charge >= 0.3 is 11.8 Å². The van der Waals surface area contributed by atoms with E-state index in [0.29, 0.717) is 29.6 Å². The van der Waals surface area contributed by atoms with Gasteiger partial charge in [0.05, 0.1) is 24.2 Å². The van der Waals surface area contributed by atoms with Crippen LogP contribution in [0.3, 0.4) is 0 Å². The van der Waals surface area contributed by atoms with Gasteiger partial charge in [-0.15, -0.1) is 4.99 Å². The molecule has 4 rings (SSSR count). The molecule has 244 valence electrons. The van der Waals surface area contributed by atoms with Gasteiger partial charge in [0.25, 0.3) is 0 Å². The van der Waals surface area contributed by atoms with Crippen molar-refractivity contribution >= 4 is 76.2 Å². The fourth-order valence-corrected chi connectivity index (χ4v) is 3.73. The number of aromatic nitrogens is 8. The number of fused-ring (bicyclic) bond motifs is 1. The number of anilines is 2. The number of aromatic amines is 4. The lowest BCUT2D eigenvalue weighted by Crippen LogP contribution is -2.34. The predicted octanol–water partition coefficient (Wildman–Crippen LogP) is 4.03. The Morgan fingerprint density at radius 2 is 1.71 bits per heavy atom. The molecular formula is C26H38N12O4S3. The molecule has 8 N–H and O–H groups in total. The summed E-state index contributed by atoms with van der Waals surface area (Å²) in [5.41, 5.74) is 8.86. The van der Waals surface area contributed by atoms with Crippen LogP contribution < -0.4 is 22.1 Å². The van der Waals surface area contributed by atoms with Crippen LogP contribution in [0.4, 0.5) is 16.4 Å². The van der Waals surface area contributed by atoms with E-state index in [0.717, 1.165) is 48.2 Å². The van der Waals surface area contributed by atoms with Crippen LogP contribution in [-0.4, -0.2) is 68.9 Å². The van der Waals surface area contributed by atoms with Crippen LogP contribution in [0.5, 0.6) is 0 Å². The SMILES string of the molecule is CCCC(=O)NC(=S)Nc1[nH]ncc1CC.CCOC(=O)N=C=S.CCc1c[nH]n2c(=O)[nH]c(=S)nc12.CCc1cn[nH]c1N. The summed E-state index contributed by atoms with van der Waals surface area (Å²) < 4.78 is 5.91. The van der Waals surface area contributed by atoms with Crippen LogP contribution in [-0.2, 0) is 28.8 Å². The molecule has 19 heteroatoms. The maximum absolute atomic E-state index is 11.3. The molecule has 0 atom stereocenters. The number of hydrogen-bond donors (Lipinski definition) is 7. The Bertz CT molecular complexity index is 1680. The molecule has 0 aromatic carbocycles. The maximum atomic E-state index is 11.3. The van der Waals surface area contributed by atoms with Gasteiger partial charge in [-0.2, -0.15) is 14.7 Å². The van der Waals surface area contributed by atoms with Crippen LogP contribution in [0, 0.1) is 4.77 Å². The largest absolute Gasteiger partial charge is 0.448 e. The molecule has 4 aromatic heterocycles. The summed E-state index contributed by atoms with van der Waals surface area (Å²) in [5.74, 6) is 1.36. The average Bonchev–Trinajstić information content (AvgIpc) is 3.74. The van der Waals surface area contributed by atoms with E-state index in [-0.39, 0.29) is 16.4 Å². The minimum atomic E-state index is -0.678. The summed E-state index contributed by atoms with van der Waals surface area (Å²) >= 11 is 13.9. The van der Waals surface area contributed by atoms with Crippen LogP contribution in [0.25, 0.3) is 5.65 Å². The minimum Gasteiger partial charge on any atom is -0.448 e. The van der Waals surface area contributed by atoms with E-state index >= 15 is 0 Å². The molecule has 0 saturated carbocycles. The van der Waals surface area contributed by atoms with E-state index in [2.05, 4.69) is 68.0 Å². The molecule has 0 aliphatic rings. The summed E-state index contributed by atoms with van der Waals surface area (Å²) in [5, 5.41) is 23.6. The fourth-order valence-electron chi connectivity index (χ4n) is 3.26. The lowest BCUT2D eigenvalue weighted by atomic mass is 10.2. The first-order valence-corrected chi connectivity index (χ1v) is 15.1. The van der Waals surface area contributed by atoms with Crippen molar-refractivity contribution in [1.29, 1.82) is 0 Å². The Morgan fingerprint density at radius 1 is 1.07 bits per heavy atom. The molecule has 2 amide bonds. The van der Waals surface area contributed by atoms with Crippen molar-refractivity contribution in [1.82, 2.24) is 45.3 Å². The number of hydrogen-bond acceptors (Lipinski definition) is 11. The van der Waals surface area contributed by atoms with Crippen LogP contribution in [0.2, 0.25) is 0 Å². The average molecular weight is 679 g/mol. The van der Waals surface area contributed by atoms with E-state index in [1.54, 1.807) is 25.5 Å². The lowest BCUT2D eigenvalue weighted by Gasteiger charge is -2.08. The predicted molar refractivity (Wildman–Crippen MR) is 182 cm³/mol. The van der Waals surface area contributed by atoms with Crippen molar-refractivity contribution < 1.29 is 14.3 Å². The van der Waals surface area contributed by atoms with E-state index in [1.165, 1.54) is 4.52 Å². The van der Waals surface area contributed by atoms with Gasteiger partial charge < -0.3 is 21.1 Å². The molecule has 0 saturated heterocycles. The third-order valence-electron chi connectivity index (χ3n) is 5.48. The topological polar surface area (TPSA) is 229 Å². The molecule has 4 heterocycles. The molecule has 45 heavy (non-hydrogen) atoms. The molecule has 0 fully saturated rings. The second kappa shape index (κ2) is 21.2. The van der Waals surface area contributed by atoms with E-state index in [9.17, 15) is 14.4 Å². The first kappa shape index (κ1) is 38.4. The first-order chi connectivity index (χ1) is 21.5. The molecule has 0 spiro atoms. The molecule has 0 bridgehead atoms. The highest BCUT2D eigenvalue weighted by Crippen LogP contribution is 2.10. The van der Waals surface area contributed by atoms with Crippen molar-refractivity contribution in [3.63, 3.8) is 0 Å². The first-order valence-electron chi connectivity index (χ1n) is 13.9. The highest BCUT2D eigenvalue weighted by Gasteiger charge is 2.07. The van der Waals surface area contributed by atoms with Gasteiger partial charge in [-0.3, -0.25) is 25.1 Å². The summed E-state index contributed by atoms with van der Waals surface area (Å²) in [6, 6.07) is 0. The second-order valence-electron chi connectivity index (χ2n) is 8.60.